The summed E-state index contributed by atoms with van der Waals surface area (Å²) in [5.41, 5.74) is 2.53. The van der Waals surface area contributed by atoms with Crippen LogP contribution >= 0.6 is 0 Å². The first kappa shape index (κ1) is 14.1. The average Bonchev–Trinajstić information content (AvgIpc) is 2.96. The molecule has 0 bridgehead atoms. The molecule has 108 valence electrons. The van der Waals surface area contributed by atoms with Crippen molar-refractivity contribution >= 4 is 17.5 Å². The topological polar surface area (TPSA) is 87.6 Å². The number of aromatic amines is 1. The van der Waals surface area contributed by atoms with Crippen molar-refractivity contribution in [3.63, 3.8) is 0 Å². The van der Waals surface area contributed by atoms with E-state index in [2.05, 4.69) is 39.8 Å². The summed E-state index contributed by atoms with van der Waals surface area (Å²) in [5.74, 6) is 0.493. The number of nitrogens with zero attached hydrogens (tertiary/aromatic N) is 3. The van der Waals surface area contributed by atoms with Gasteiger partial charge in [0.15, 0.2) is 5.82 Å². The number of H-pyrrole nitrogens is 1. The van der Waals surface area contributed by atoms with Crippen LogP contribution in [0.25, 0.3) is 0 Å². The standard InChI is InChI=1S/C13H20N6O/c1-5-9(3)19-10(4)11(7-14-19)15-13(20)16-12-6-8(2)17-18-12/h6-7,9H,5H2,1-4H3,(H3,15,16,17,18,20). The summed E-state index contributed by atoms with van der Waals surface area (Å²) in [6, 6.07) is 1.74. The van der Waals surface area contributed by atoms with Crippen LogP contribution in [0, 0.1) is 13.8 Å². The SMILES string of the molecule is CCC(C)n1ncc(NC(=O)Nc2cc(C)[nH]n2)c1C. The highest BCUT2D eigenvalue weighted by Gasteiger charge is 2.13. The summed E-state index contributed by atoms with van der Waals surface area (Å²) in [6.07, 6.45) is 2.65. The normalized spacial score (nSPS) is 12.2. The minimum absolute atomic E-state index is 0.308. The molecule has 1 atom stereocenters. The predicted molar refractivity (Wildman–Crippen MR) is 77.9 cm³/mol. The molecule has 7 nitrogen and oxygen atoms in total. The molecule has 0 spiro atoms. The second kappa shape index (κ2) is 5.77. The van der Waals surface area contributed by atoms with Crippen LogP contribution in [-0.2, 0) is 0 Å². The van der Waals surface area contributed by atoms with E-state index in [1.165, 1.54) is 0 Å². The third-order valence-corrected chi connectivity index (χ3v) is 3.25. The molecule has 0 fully saturated rings. The maximum absolute atomic E-state index is 11.9. The lowest BCUT2D eigenvalue weighted by atomic mass is 10.2. The molecular formula is C13H20N6O. The molecule has 1 unspecified atom stereocenters. The minimum atomic E-state index is -0.330. The predicted octanol–water partition coefficient (Wildman–Crippen LogP) is 2.84. The molecule has 2 aromatic rings. The van der Waals surface area contributed by atoms with E-state index < -0.39 is 0 Å². The molecule has 2 amide bonds. The number of aryl methyl sites for hydroxylation is 1. The van der Waals surface area contributed by atoms with E-state index in [0.29, 0.717) is 17.5 Å². The Morgan fingerprint density at radius 1 is 1.45 bits per heavy atom. The van der Waals surface area contributed by atoms with Crippen molar-refractivity contribution in [1.82, 2.24) is 20.0 Å². The second-order valence-corrected chi connectivity index (χ2v) is 4.86. The van der Waals surface area contributed by atoms with Gasteiger partial charge in [0.05, 0.1) is 17.6 Å². The van der Waals surface area contributed by atoms with E-state index in [1.54, 1.807) is 12.3 Å². The number of carbonyl (C=O) groups is 1. The van der Waals surface area contributed by atoms with Crippen LogP contribution in [0.15, 0.2) is 12.3 Å². The summed E-state index contributed by atoms with van der Waals surface area (Å²) in [5, 5.41) is 16.5. The van der Waals surface area contributed by atoms with Gasteiger partial charge in [0.25, 0.3) is 0 Å². The smallest absolute Gasteiger partial charge is 0.305 e. The first-order valence-electron chi connectivity index (χ1n) is 6.65. The summed E-state index contributed by atoms with van der Waals surface area (Å²) in [4.78, 5) is 11.9. The largest absolute Gasteiger partial charge is 0.324 e. The Hall–Kier alpha value is -2.31. The molecule has 0 aliphatic heterocycles. The van der Waals surface area contributed by atoms with Gasteiger partial charge in [0.2, 0.25) is 0 Å². The second-order valence-electron chi connectivity index (χ2n) is 4.86. The zero-order valence-electron chi connectivity index (χ0n) is 12.2. The summed E-state index contributed by atoms with van der Waals surface area (Å²) in [6.45, 7) is 8.01. The van der Waals surface area contributed by atoms with Gasteiger partial charge in [-0.3, -0.25) is 15.1 Å². The van der Waals surface area contributed by atoms with E-state index in [1.807, 2.05) is 18.5 Å². The van der Waals surface area contributed by atoms with Crippen molar-refractivity contribution in [2.45, 2.75) is 40.2 Å². The van der Waals surface area contributed by atoms with Gasteiger partial charge in [0, 0.05) is 17.8 Å². The Kier molecular flexibility index (Phi) is 4.07. The van der Waals surface area contributed by atoms with Crippen molar-refractivity contribution in [2.24, 2.45) is 0 Å². The highest BCUT2D eigenvalue weighted by Crippen LogP contribution is 2.19. The van der Waals surface area contributed by atoms with Crippen LogP contribution in [-0.4, -0.2) is 26.0 Å². The van der Waals surface area contributed by atoms with Crippen molar-refractivity contribution in [1.29, 1.82) is 0 Å². The van der Waals surface area contributed by atoms with Crippen molar-refractivity contribution in [3.05, 3.63) is 23.7 Å². The number of aromatic nitrogens is 4. The number of hydrogen-bond acceptors (Lipinski definition) is 3. The van der Waals surface area contributed by atoms with Crippen LogP contribution in [0.1, 0.15) is 37.7 Å². The maximum atomic E-state index is 11.9. The Balaban J connectivity index is 2.03. The quantitative estimate of drug-likeness (QED) is 0.802. The van der Waals surface area contributed by atoms with Gasteiger partial charge in [-0.25, -0.2) is 4.79 Å². The molecule has 0 radical (unpaired) electrons. The summed E-state index contributed by atoms with van der Waals surface area (Å²) < 4.78 is 1.91. The molecule has 3 N–H and O–H groups in total. The fourth-order valence-electron chi connectivity index (χ4n) is 1.92. The number of rotatable bonds is 4. The molecule has 0 aliphatic rings. The van der Waals surface area contributed by atoms with Gasteiger partial charge >= 0.3 is 6.03 Å². The Morgan fingerprint density at radius 2 is 2.20 bits per heavy atom. The van der Waals surface area contributed by atoms with E-state index in [0.717, 1.165) is 17.8 Å². The van der Waals surface area contributed by atoms with E-state index in [4.69, 9.17) is 0 Å². The van der Waals surface area contributed by atoms with Gasteiger partial charge < -0.3 is 5.32 Å². The molecular weight excluding hydrogens is 256 g/mol. The zero-order valence-corrected chi connectivity index (χ0v) is 12.2. The summed E-state index contributed by atoms with van der Waals surface area (Å²) >= 11 is 0. The molecule has 0 saturated heterocycles. The molecule has 7 heteroatoms. The highest BCUT2D eigenvalue weighted by atomic mass is 16.2. The molecule has 2 heterocycles. The van der Waals surface area contributed by atoms with Crippen LogP contribution in [0.4, 0.5) is 16.3 Å². The number of carbonyl (C=O) groups excluding carboxylic acids is 1. The zero-order chi connectivity index (χ0) is 14.7. The number of urea groups is 1. The van der Waals surface area contributed by atoms with Crippen LogP contribution in [0.5, 0.6) is 0 Å². The van der Waals surface area contributed by atoms with Gasteiger partial charge in [-0.05, 0) is 27.2 Å². The van der Waals surface area contributed by atoms with Crippen LogP contribution in [0.2, 0.25) is 0 Å². The Labute approximate surface area is 117 Å². The van der Waals surface area contributed by atoms with Crippen molar-refractivity contribution in [2.75, 3.05) is 10.6 Å². The Bertz CT molecular complexity index is 600. The molecule has 20 heavy (non-hydrogen) atoms. The molecule has 0 aliphatic carbocycles. The lowest BCUT2D eigenvalue weighted by molar-refractivity contribution is 0.262. The fourth-order valence-corrected chi connectivity index (χ4v) is 1.92. The average molecular weight is 276 g/mol. The monoisotopic (exact) mass is 276 g/mol. The van der Waals surface area contributed by atoms with Crippen LogP contribution in [0.3, 0.4) is 0 Å². The molecule has 2 aromatic heterocycles. The Morgan fingerprint density at radius 3 is 2.80 bits per heavy atom. The number of nitrogens with one attached hydrogen (secondary N) is 3. The third kappa shape index (κ3) is 2.98. The lowest BCUT2D eigenvalue weighted by Crippen LogP contribution is -2.20. The van der Waals surface area contributed by atoms with E-state index in [9.17, 15) is 4.79 Å². The van der Waals surface area contributed by atoms with Gasteiger partial charge in [-0.1, -0.05) is 6.92 Å². The first-order chi connectivity index (χ1) is 9.51. The molecule has 0 saturated carbocycles. The van der Waals surface area contributed by atoms with Gasteiger partial charge in [0.1, 0.15) is 0 Å². The van der Waals surface area contributed by atoms with Crippen LogP contribution < -0.4 is 10.6 Å². The highest BCUT2D eigenvalue weighted by molar-refractivity contribution is 5.99. The number of amides is 2. The number of anilines is 2. The first-order valence-corrected chi connectivity index (χ1v) is 6.65. The van der Waals surface area contributed by atoms with E-state index >= 15 is 0 Å². The van der Waals surface area contributed by atoms with E-state index in [-0.39, 0.29) is 6.03 Å². The fraction of sp³-hybridized carbons (Fsp3) is 0.462. The third-order valence-electron chi connectivity index (χ3n) is 3.25. The van der Waals surface area contributed by atoms with Crippen molar-refractivity contribution in [3.8, 4) is 0 Å². The van der Waals surface area contributed by atoms with Crippen molar-refractivity contribution < 1.29 is 4.79 Å². The maximum Gasteiger partial charge on any atom is 0.324 e. The molecule has 2 rings (SSSR count). The molecule has 0 aromatic carbocycles. The van der Waals surface area contributed by atoms with Gasteiger partial charge in [-0.2, -0.15) is 10.2 Å². The summed E-state index contributed by atoms with van der Waals surface area (Å²) in [7, 11) is 0. The minimum Gasteiger partial charge on any atom is -0.305 e. The lowest BCUT2D eigenvalue weighted by Gasteiger charge is -2.12. The van der Waals surface area contributed by atoms with Gasteiger partial charge in [-0.15, -0.1) is 0 Å². The number of hydrogen-bond donors (Lipinski definition) is 3.